The Hall–Kier alpha value is -0.340. The van der Waals surface area contributed by atoms with Crippen LogP contribution in [0.15, 0.2) is 28.7 Å². The van der Waals surface area contributed by atoms with Gasteiger partial charge in [-0.15, -0.1) is 0 Å². The van der Waals surface area contributed by atoms with Crippen molar-refractivity contribution in [2.75, 3.05) is 6.54 Å². The smallest absolute Gasteiger partial charge is 0.0318 e. The summed E-state index contributed by atoms with van der Waals surface area (Å²) in [7, 11) is 0. The summed E-state index contributed by atoms with van der Waals surface area (Å²) in [4.78, 5) is 0. The average Bonchev–Trinajstić information content (AvgIpc) is 2.40. The van der Waals surface area contributed by atoms with E-state index in [1.54, 1.807) is 0 Å². The van der Waals surface area contributed by atoms with Crippen LogP contribution in [0, 0.1) is 5.41 Å². The fourth-order valence-corrected chi connectivity index (χ4v) is 3.59. The largest absolute Gasteiger partial charge is 0.309 e. The maximum Gasteiger partial charge on any atom is 0.0318 e. The molecule has 0 heterocycles. The number of nitrogens with one attached hydrogen (secondary N) is 1. The van der Waals surface area contributed by atoms with E-state index in [4.69, 9.17) is 0 Å². The van der Waals surface area contributed by atoms with E-state index >= 15 is 0 Å². The molecule has 1 nitrogen and oxygen atoms in total. The molecule has 0 aliphatic heterocycles. The fourth-order valence-electron chi connectivity index (χ4n) is 3.17. The predicted molar refractivity (Wildman–Crippen MR) is 86.4 cm³/mol. The highest BCUT2D eigenvalue weighted by atomic mass is 79.9. The van der Waals surface area contributed by atoms with Crippen molar-refractivity contribution in [2.45, 2.75) is 58.4 Å². The van der Waals surface area contributed by atoms with Crippen molar-refractivity contribution in [1.29, 1.82) is 0 Å². The first-order valence-corrected chi connectivity index (χ1v) is 8.41. The highest BCUT2D eigenvalue weighted by Crippen LogP contribution is 2.35. The molecule has 0 amide bonds. The Balaban J connectivity index is 1.95. The van der Waals surface area contributed by atoms with E-state index < -0.39 is 0 Å². The van der Waals surface area contributed by atoms with Gasteiger partial charge in [0, 0.05) is 17.1 Å². The Morgan fingerprint density at radius 2 is 2.00 bits per heavy atom. The zero-order valence-corrected chi connectivity index (χ0v) is 13.8. The molecule has 1 N–H and O–H groups in total. The standard InChI is InChI=1S/C17H26BrN/c1-3-16(14-8-7-9-15(18)12-14)19-13-17(2)10-5-4-6-11-17/h7-9,12,16,19H,3-6,10-11,13H2,1-2H3. The van der Waals surface area contributed by atoms with Crippen molar-refractivity contribution >= 4 is 15.9 Å². The van der Waals surface area contributed by atoms with E-state index in [2.05, 4.69) is 59.4 Å². The van der Waals surface area contributed by atoms with Crippen LogP contribution in [0.4, 0.5) is 0 Å². The zero-order valence-electron chi connectivity index (χ0n) is 12.2. The lowest BCUT2D eigenvalue weighted by molar-refractivity contribution is 0.199. The van der Waals surface area contributed by atoms with Crippen molar-refractivity contribution in [1.82, 2.24) is 5.32 Å². The summed E-state index contributed by atoms with van der Waals surface area (Å²) in [6, 6.07) is 9.18. The molecule has 1 aliphatic rings. The van der Waals surface area contributed by atoms with Crippen LogP contribution in [0.3, 0.4) is 0 Å². The van der Waals surface area contributed by atoms with Gasteiger partial charge in [-0.1, -0.05) is 61.2 Å². The first-order chi connectivity index (χ1) is 9.13. The van der Waals surface area contributed by atoms with E-state index in [1.807, 2.05) is 0 Å². The Morgan fingerprint density at radius 3 is 2.63 bits per heavy atom. The van der Waals surface area contributed by atoms with Gasteiger partial charge in [-0.2, -0.15) is 0 Å². The molecule has 106 valence electrons. The molecular formula is C17H26BrN. The molecule has 1 atom stereocenters. The third-order valence-electron chi connectivity index (χ3n) is 4.50. The lowest BCUT2D eigenvalue weighted by Crippen LogP contribution is -2.35. The highest BCUT2D eigenvalue weighted by molar-refractivity contribution is 9.10. The molecule has 1 aliphatic carbocycles. The quantitative estimate of drug-likeness (QED) is 0.758. The van der Waals surface area contributed by atoms with E-state index in [0.717, 1.165) is 13.0 Å². The van der Waals surface area contributed by atoms with Gasteiger partial charge in [0.2, 0.25) is 0 Å². The summed E-state index contributed by atoms with van der Waals surface area (Å²) in [5.41, 5.74) is 1.91. The predicted octanol–water partition coefficient (Wildman–Crippen LogP) is 5.46. The number of rotatable bonds is 5. The van der Waals surface area contributed by atoms with Crippen LogP contribution >= 0.6 is 15.9 Å². The summed E-state index contributed by atoms with van der Waals surface area (Å²) in [6.45, 7) is 5.87. The number of hydrogen-bond acceptors (Lipinski definition) is 1. The van der Waals surface area contributed by atoms with Crippen LogP contribution in [0.2, 0.25) is 0 Å². The van der Waals surface area contributed by atoms with Crippen LogP contribution in [-0.4, -0.2) is 6.54 Å². The van der Waals surface area contributed by atoms with Crippen molar-refractivity contribution in [2.24, 2.45) is 5.41 Å². The summed E-state index contributed by atoms with van der Waals surface area (Å²) < 4.78 is 1.18. The van der Waals surface area contributed by atoms with E-state index in [0.29, 0.717) is 11.5 Å². The Morgan fingerprint density at radius 1 is 1.26 bits per heavy atom. The maximum absolute atomic E-state index is 3.80. The normalized spacial score (nSPS) is 20.2. The number of halogens is 1. The van der Waals surface area contributed by atoms with Crippen molar-refractivity contribution < 1.29 is 0 Å². The molecule has 0 spiro atoms. The van der Waals surface area contributed by atoms with Gasteiger partial charge in [-0.3, -0.25) is 0 Å². The van der Waals surface area contributed by atoms with Gasteiger partial charge in [-0.25, -0.2) is 0 Å². The maximum atomic E-state index is 3.80. The first kappa shape index (κ1) is 15.1. The molecule has 1 aromatic carbocycles. The van der Waals surface area contributed by atoms with Crippen LogP contribution in [0.5, 0.6) is 0 Å². The van der Waals surface area contributed by atoms with Gasteiger partial charge in [-0.05, 0) is 42.4 Å². The van der Waals surface area contributed by atoms with Gasteiger partial charge in [0.05, 0.1) is 0 Å². The first-order valence-electron chi connectivity index (χ1n) is 7.62. The molecule has 0 bridgehead atoms. The summed E-state index contributed by atoms with van der Waals surface area (Å²) in [5, 5.41) is 3.80. The van der Waals surface area contributed by atoms with Gasteiger partial charge >= 0.3 is 0 Å². The Labute approximate surface area is 126 Å². The lowest BCUT2D eigenvalue weighted by atomic mass is 9.75. The van der Waals surface area contributed by atoms with E-state index in [-0.39, 0.29) is 0 Å². The van der Waals surface area contributed by atoms with E-state index in [9.17, 15) is 0 Å². The minimum absolute atomic E-state index is 0.483. The summed E-state index contributed by atoms with van der Waals surface area (Å²) >= 11 is 3.57. The average molecular weight is 324 g/mol. The molecule has 2 rings (SSSR count). The second-order valence-electron chi connectivity index (χ2n) is 6.27. The van der Waals surface area contributed by atoms with Crippen molar-refractivity contribution in [3.05, 3.63) is 34.3 Å². The van der Waals surface area contributed by atoms with Crippen molar-refractivity contribution in [3.8, 4) is 0 Å². The summed E-state index contributed by atoms with van der Waals surface area (Å²) in [6.07, 6.45) is 8.16. The zero-order chi connectivity index (χ0) is 13.7. The fraction of sp³-hybridized carbons (Fsp3) is 0.647. The van der Waals surface area contributed by atoms with Crippen LogP contribution < -0.4 is 5.32 Å². The minimum Gasteiger partial charge on any atom is -0.309 e. The highest BCUT2D eigenvalue weighted by Gasteiger charge is 2.27. The molecule has 19 heavy (non-hydrogen) atoms. The Kier molecular flexibility index (Phi) is 5.47. The topological polar surface area (TPSA) is 12.0 Å². The second-order valence-corrected chi connectivity index (χ2v) is 7.18. The molecule has 0 saturated heterocycles. The van der Waals surface area contributed by atoms with Gasteiger partial charge in [0.1, 0.15) is 0 Å². The third kappa shape index (κ3) is 4.32. The molecule has 0 aromatic heterocycles. The molecule has 2 heteroatoms. The lowest BCUT2D eigenvalue weighted by Gasteiger charge is -2.35. The molecule has 1 fully saturated rings. The SMILES string of the molecule is CCC(NCC1(C)CCCCC1)c1cccc(Br)c1. The van der Waals surface area contributed by atoms with Crippen molar-refractivity contribution in [3.63, 3.8) is 0 Å². The number of benzene rings is 1. The third-order valence-corrected chi connectivity index (χ3v) is 4.99. The Bertz CT molecular complexity index is 396. The molecule has 1 unspecified atom stereocenters. The van der Waals surface area contributed by atoms with E-state index in [1.165, 1.54) is 42.1 Å². The number of hydrogen-bond donors (Lipinski definition) is 1. The van der Waals surface area contributed by atoms with Crippen LogP contribution in [0.1, 0.15) is 64.0 Å². The monoisotopic (exact) mass is 323 g/mol. The molecular weight excluding hydrogens is 298 g/mol. The van der Waals surface area contributed by atoms with Crippen LogP contribution in [0.25, 0.3) is 0 Å². The molecule has 1 saturated carbocycles. The van der Waals surface area contributed by atoms with Gasteiger partial charge in [0.15, 0.2) is 0 Å². The molecule has 0 radical (unpaired) electrons. The second kappa shape index (κ2) is 6.90. The van der Waals surface area contributed by atoms with Gasteiger partial charge < -0.3 is 5.32 Å². The summed E-state index contributed by atoms with van der Waals surface area (Å²) in [5.74, 6) is 0. The minimum atomic E-state index is 0.483. The van der Waals surface area contributed by atoms with Gasteiger partial charge in [0.25, 0.3) is 0 Å². The van der Waals surface area contributed by atoms with Crippen LogP contribution in [-0.2, 0) is 0 Å². The molecule has 1 aromatic rings.